The second-order valence-corrected chi connectivity index (χ2v) is 4.84. The first-order valence-electron chi connectivity index (χ1n) is 5.47. The molecule has 0 saturated heterocycles. The van der Waals surface area contributed by atoms with Crippen molar-refractivity contribution in [2.24, 2.45) is 0 Å². The minimum absolute atomic E-state index is 0.356. The minimum atomic E-state index is 0.356. The van der Waals surface area contributed by atoms with E-state index in [4.69, 9.17) is 4.42 Å². The molecule has 0 aliphatic carbocycles. The first-order chi connectivity index (χ1) is 8.79. The fourth-order valence-electron chi connectivity index (χ4n) is 2.04. The van der Waals surface area contributed by atoms with E-state index in [1.807, 2.05) is 48.5 Å². The minimum Gasteiger partial charge on any atom is -0.445 e. The summed E-state index contributed by atoms with van der Waals surface area (Å²) in [5.74, 6) is 0.356. The quantitative estimate of drug-likeness (QED) is 0.651. The van der Waals surface area contributed by atoms with Gasteiger partial charge in [-0.05, 0) is 23.8 Å². The van der Waals surface area contributed by atoms with Crippen molar-refractivity contribution in [3.05, 3.63) is 58.8 Å². The molecule has 0 spiro atoms. The van der Waals surface area contributed by atoms with E-state index in [1.165, 1.54) is 0 Å². The van der Waals surface area contributed by atoms with Crippen LogP contribution < -0.4 is 0 Å². The lowest BCUT2D eigenvalue weighted by atomic mass is 10.0. The summed E-state index contributed by atoms with van der Waals surface area (Å²) in [6.45, 7) is 0. The molecule has 0 radical (unpaired) electrons. The highest BCUT2D eigenvalue weighted by Gasteiger charge is 2.15. The van der Waals surface area contributed by atoms with Crippen molar-refractivity contribution >= 4 is 26.9 Å². The Kier molecular flexibility index (Phi) is 2.66. The number of furan rings is 1. The van der Waals surface area contributed by atoms with Gasteiger partial charge in [0, 0.05) is 15.4 Å². The van der Waals surface area contributed by atoms with E-state index in [0.717, 1.165) is 26.6 Å². The molecule has 0 bridgehead atoms. The molecule has 0 atom stereocenters. The predicted molar refractivity (Wildman–Crippen MR) is 74.1 cm³/mol. The highest BCUT2D eigenvalue weighted by atomic mass is 79.9. The van der Waals surface area contributed by atoms with Crippen molar-refractivity contribution < 1.29 is 4.42 Å². The van der Waals surface area contributed by atoms with Gasteiger partial charge in [-0.1, -0.05) is 46.3 Å². The summed E-state index contributed by atoms with van der Waals surface area (Å²) in [6, 6.07) is 17.7. The lowest BCUT2D eigenvalue weighted by molar-refractivity contribution is 0.600. The molecule has 0 unspecified atom stereocenters. The first kappa shape index (κ1) is 11.1. The smallest absolute Gasteiger partial charge is 0.212 e. The molecule has 86 valence electrons. The molecule has 18 heavy (non-hydrogen) atoms. The third-order valence-corrected chi connectivity index (χ3v) is 3.31. The van der Waals surface area contributed by atoms with Crippen molar-refractivity contribution in [2.45, 2.75) is 0 Å². The van der Waals surface area contributed by atoms with E-state index in [2.05, 4.69) is 22.0 Å². The summed E-state index contributed by atoms with van der Waals surface area (Å²) in [6.07, 6.45) is 0. The van der Waals surface area contributed by atoms with Gasteiger partial charge in [-0.2, -0.15) is 5.26 Å². The van der Waals surface area contributed by atoms with Crippen molar-refractivity contribution in [2.75, 3.05) is 0 Å². The zero-order valence-electron chi connectivity index (χ0n) is 9.35. The standard InChI is InChI=1S/C15H8BrNO/c16-11-6-7-13-12(8-11)15(14(9-17)18-13)10-4-2-1-3-5-10/h1-8H. The van der Waals surface area contributed by atoms with Gasteiger partial charge < -0.3 is 4.42 Å². The molecule has 0 aliphatic heterocycles. The van der Waals surface area contributed by atoms with E-state index < -0.39 is 0 Å². The van der Waals surface area contributed by atoms with Crippen LogP contribution in [0.3, 0.4) is 0 Å². The highest BCUT2D eigenvalue weighted by Crippen LogP contribution is 2.35. The summed E-state index contributed by atoms with van der Waals surface area (Å²) in [5, 5.41) is 10.1. The van der Waals surface area contributed by atoms with Crippen LogP contribution in [0.4, 0.5) is 0 Å². The molecule has 0 saturated carbocycles. The number of hydrogen-bond donors (Lipinski definition) is 0. The largest absolute Gasteiger partial charge is 0.445 e. The van der Waals surface area contributed by atoms with Crippen LogP contribution in [0.5, 0.6) is 0 Å². The van der Waals surface area contributed by atoms with Crippen molar-refractivity contribution in [3.63, 3.8) is 0 Å². The van der Waals surface area contributed by atoms with Crippen molar-refractivity contribution in [1.82, 2.24) is 0 Å². The summed E-state index contributed by atoms with van der Waals surface area (Å²) >= 11 is 3.45. The molecule has 2 aromatic carbocycles. The monoisotopic (exact) mass is 297 g/mol. The lowest BCUT2D eigenvalue weighted by Gasteiger charge is -1.98. The SMILES string of the molecule is N#Cc1oc2ccc(Br)cc2c1-c1ccccc1. The molecule has 0 fully saturated rings. The molecule has 1 heterocycles. The fraction of sp³-hybridized carbons (Fsp3) is 0. The van der Waals surface area contributed by atoms with Gasteiger partial charge in [0.1, 0.15) is 11.7 Å². The van der Waals surface area contributed by atoms with Crippen LogP contribution >= 0.6 is 15.9 Å². The van der Waals surface area contributed by atoms with E-state index in [9.17, 15) is 5.26 Å². The number of benzene rings is 2. The first-order valence-corrected chi connectivity index (χ1v) is 6.26. The summed E-state index contributed by atoms with van der Waals surface area (Å²) in [4.78, 5) is 0. The van der Waals surface area contributed by atoms with Gasteiger partial charge in [-0.15, -0.1) is 0 Å². The van der Waals surface area contributed by atoms with Crippen LogP contribution in [0.2, 0.25) is 0 Å². The van der Waals surface area contributed by atoms with Crippen LogP contribution in [0.1, 0.15) is 5.76 Å². The Balaban J connectivity index is 2.40. The summed E-state index contributed by atoms with van der Waals surface area (Å²) in [5.41, 5.74) is 2.58. The fourth-order valence-corrected chi connectivity index (χ4v) is 2.40. The van der Waals surface area contributed by atoms with E-state index in [1.54, 1.807) is 0 Å². The van der Waals surface area contributed by atoms with Crippen LogP contribution in [0.25, 0.3) is 22.1 Å². The van der Waals surface area contributed by atoms with Crippen molar-refractivity contribution in [3.8, 4) is 17.2 Å². The van der Waals surface area contributed by atoms with Gasteiger partial charge in [-0.25, -0.2) is 0 Å². The molecule has 0 N–H and O–H groups in total. The zero-order valence-corrected chi connectivity index (χ0v) is 10.9. The second kappa shape index (κ2) is 4.32. The maximum atomic E-state index is 9.19. The Morgan fingerprint density at radius 3 is 2.56 bits per heavy atom. The average Bonchev–Trinajstić information content (AvgIpc) is 2.77. The summed E-state index contributed by atoms with van der Waals surface area (Å²) in [7, 11) is 0. The number of fused-ring (bicyclic) bond motifs is 1. The normalized spacial score (nSPS) is 10.4. The van der Waals surface area contributed by atoms with Gasteiger partial charge in [0.05, 0.1) is 0 Å². The number of halogens is 1. The van der Waals surface area contributed by atoms with E-state index >= 15 is 0 Å². The van der Waals surface area contributed by atoms with E-state index in [-0.39, 0.29) is 0 Å². The molecule has 0 aliphatic rings. The Hall–Kier alpha value is -2.05. The third kappa shape index (κ3) is 1.71. The number of nitrogens with zero attached hydrogens (tertiary/aromatic N) is 1. The number of rotatable bonds is 1. The predicted octanol–water partition coefficient (Wildman–Crippen LogP) is 4.73. The second-order valence-electron chi connectivity index (χ2n) is 3.92. The zero-order chi connectivity index (χ0) is 12.5. The Bertz CT molecular complexity index is 753. The van der Waals surface area contributed by atoms with E-state index in [0.29, 0.717) is 5.76 Å². The Morgan fingerprint density at radius 1 is 1.06 bits per heavy atom. The van der Waals surface area contributed by atoms with Gasteiger partial charge in [0.25, 0.3) is 0 Å². The lowest BCUT2D eigenvalue weighted by Crippen LogP contribution is -1.78. The maximum absolute atomic E-state index is 9.19. The van der Waals surface area contributed by atoms with Crippen LogP contribution in [0.15, 0.2) is 57.4 Å². The number of nitriles is 1. The number of hydrogen-bond acceptors (Lipinski definition) is 2. The highest BCUT2D eigenvalue weighted by molar-refractivity contribution is 9.10. The summed E-state index contributed by atoms with van der Waals surface area (Å²) < 4.78 is 6.55. The molecule has 0 amide bonds. The molecule has 3 rings (SSSR count). The van der Waals surface area contributed by atoms with Crippen LogP contribution in [-0.4, -0.2) is 0 Å². The van der Waals surface area contributed by atoms with Crippen molar-refractivity contribution in [1.29, 1.82) is 5.26 Å². The molecular formula is C15H8BrNO. The average molecular weight is 298 g/mol. The van der Waals surface area contributed by atoms with Gasteiger partial charge >= 0.3 is 0 Å². The third-order valence-electron chi connectivity index (χ3n) is 2.81. The van der Waals surface area contributed by atoms with Crippen LogP contribution in [0, 0.1) is 11.3 Å². The molecular weight excluding hydrogens is 290 g/mol. The molecule has 3 heteroatoms. The molecule has 1 aromatic heterocycles. The maximum Gasteiger partial charge on any atom is 0.212 e. The van der Waals surface area contributed by atoms with Gasteiger partial charge in [-0.3, -0.25) is 0 Å². The van der Waals surface area contributed by atoms with Gasteiger partial charge in [0.2, 0.25) is 5.76 Å². The topological polar surface area (TPSA) is 36.9 Å². The van der Waals surface area contributed by atoms with Crippen LogP contribution in [-0.2, 0) is 0 Å². The molecule has 2 nitrogen and oxygen atoms in total. The Labute approximate surface area is 113 Å². The molecule has 3 aromatic rings. The Morgan fingerprint density at radius 2 is 1.83 bits per heavy atom. The van der Waals surface area contributed by atoms with Gasteiger partial charge in [0.15, 0.2) is 0 Å².